The van der Waals surface area contributed by atoms with Crippen LogP contribution >= 0.6 is 0 Å². The van der Waals surface area contributed by atoms with Crippen LogP contribution in [0.15, 0.2) is 60.7 Å². The summed E-state index contributed by atoms with van der Waals surface area (Å²) >= 11 is 0. The van der Waals surface area contributed by atoms with Crippen LogP contribution in [-0.2, 0) is 37.1 Å². The number of benzene rings is 2. The lowest BCUT2D eigenvalue weighted by molar-refractivity contribution is -0.165. The van der Waals surface area contributed by atoms with Gasteiger partial charge in [-0.25, -0.2) is 10.3 Å². The predicted octanol–water partition coefficient (Wildman–Crippen LogP) is 2.01. The Morgan fingerprint density at radius 1 is 1.06 bits per heavy atom. The molecule has 1 aliphatic heterocycles. The summed E-state index contributed by atoms with van der Waals surface area (Å²) in [6.45, 7) is 0.333. The Hall–Kier alpha value is -3.85. The van der Waals surface area contributed by atoms with Crippen LogP contribution < -0.4 is 15.0 Å². The molecule has 1 fully saturated rings. The van der Waals surface area contributed by atoms with E-state index in [0.717, 1.165) is 11.1 Å². The molecule has 1 N–H and O–H groups in total. The number of β-lactam (4-membered cyclic amide) rings is 1. The molecule has 1 aliphatic rings. The summed E-state index contributed by atoms with van der Waals surface area (Å²) in [7, 11) is 4.31. The molecule has 9 heteroatoms. The third-order valence-corrected chi connectivity index (χ3v) is 5.25. The average Bonchev–Trinajstić information content (AvgIpc) is 2.85. The number of methoxy groups -OCH3 is 3. The van der Waals surface area contributed by atoms with Crippen molar-refractivity contribution in [1.29, 1.82) is 0 Å². The minimum Gasteiger partial charge on any atom is -0.497 e. The summed E-state index contributed by atoms with van der Waals surface area (Å²) in [4.78, 5) is 43.9. The lowest BCUT2D eigenvalue weighted by atomic mass is 9.85. The van der Waals surface area contributed by atoms with E-state index >= 15 is 0 Å². The molecule has 2 aromatic rings. The van der Waals surface area contributed by atoms with Crippen molar-refractivity contribution in [1.82, 2.24) is 10.4 Å². The zero-order chi connectivity index (χ0) is 23.8. The summed E-state index contributed by atoms with van der Waals surface area (Å²) in [6.07, 6.45) is 2.67. The molecule has 1 heterocycles. The summed E-state index contributed by atoms with van der Waals surface area (Å²) in [6, 6.07) is 13.9. The van der Waals surface area contributed by atoms with Crippen molar-refractivity contribution < 1.29 is 33.4 Å². The number of hydroxylamine groups is 1. The molecule has 2 aromatic carbocycles. The first-order valence-corrected chi connectivity index (χ1v) is 10.2. The van der Waals surface area contributed by atoms with Gasteiger partial charge in [-0.15, -0.1) is 0 Å². The SMILES string of the molecule is COC(=O)/C=C\C1C(C(=O)NOCc2ccccc2)C(=O)N1Cc1ccc(OC)cc1OC. The van der Waals surface area contributed by atoms with E-state index in [-0.39, 0.29) is 13.2 Å². The molecule has 0 aliphatic carbocycles. The zero-order valence-corrected chi connectivity index (χ0v) is 18.6. The van der Waals surface area contributed by atoms with Gasteiger partial charge in [-0.05, 0) is 17.7 Å². The van der Waals surface area contributed by atoms with Gasteiger partial charge in [0, 0.05) is 24.3 Å². The van der Waals surface area contributed by atoms with Crippen LogP contribution in [0.5, 0.6) is 11.5 Å². The van der Waals surface area contributed by atoms with Crippen molar-refractivity contribution in [3.63, 3.8) is 0 Å². The molecule has 3 rings (SSSR count). The molecular weight excluding hydrogens is 428 g/mol. The molecule has 33 heavy (non-hydrogen) atoms. The second-order valence-electron chi connectivity index (χ2n) is 7.24. The highest BCUT2D eigenvalue weighted by Crippen LogP contribution is 2.33. The maximum Gasteiger partial charge on any atom is 0.330 e. The van der Waals surface area contributed by atoms with Crippen molar-refractivity contribution >= 4 is 17.8 Å². The number of rotatable bonds is 10. The van der Waals surface area contributed by atoms with Gasteiger partial charge in [0.2, 0.25) is 5.91 Å². The fourth-order valence-electron chi connectivity index (χ4n) is 3.47. The predicted molar refractivity (Wildman–Crippen MR) is 118 cm³/mol. The Bertz CT molecular complexity index is 1020. The van der Waals surface area contributed by atoms with Gasteiger partial charge in [-0.2, -0.15) is 0 Å². The third-order valence-electron chi connectivity index (χ3n) is 5.25. The van der Waals surface area contributed by atoms with Crippen molar-refractivity contribution in [2.45, 2.75) is 19.2 Å². The Kier molecular flexibility index (Phi) is 8.04. The minimum atomic E-state index is -1.04. The molecule has 2 unspecified atom stereocenters. The first kappa shape index (κ1) is 23.8. The molecule has 2 atom stereocenters. The number of carbonyl (C=O) groups is 3. The first-order chi connectivity index (χ1) is 16.0. The summed E-state index contributed by atoms with van der Waals surface area (Å²) in [5.41, 5.74) is 3.93. The Morgan fingerprint density at radius 2 is 1.82 bits per heavy atom. The van der Waals surface area contributed by atoms with Gasteiger partial charge in [-0.1, -0.05) is 36.4 Å². The van der Waals surface area contributed by atoms with Gasteiger partial charge in [0.05, 0.1) is 34.0 Å². The second-order valence-corrected chi connectivity index (χ2v) is 7.24. The highest BCUT2D eigenvalue weighted by Gasteiger charge is 2.50. The van der Waals surface area contributed by atoms with E-state index in [1.807, 2.05) is 30.3 Å². The average molecular weight is 454 g/mol. The Morgan fingerprint density at radius 3 is 2.48 bits per heavy atom. The quantitative estimate of drug-likeness (QED) is 0.193. The second kappa shape index (κ2) is 11.1. The van der Waals surface area contributed by atoms with Crippen LogP contribution in [0.1, 0.15) is 11.1 Å². The molecule has 0 aromatic heterocycles. The van der Waals surface area contributed by atoms with E-state index in [1.165, 1.54) is 31.3 Å². The molecule has 174 valence electrons. The molecule has 1 saturated heterocycles. The molecule has 9 nitrogen and oxygen atoms in total. The van der Waals surface area contributed by atoms with E-state index < -0.39 is 29.7 Å². The van der Waals surface area contributed by atoms with E-state index in [1.54, 1.807) is 25.3 Å². The van der Waals surface area contributed by atoms with E-state index in [0.29, 0.717) is 11.5 Å². The fraction of sp³-hybridized carbons (Fsp3) is 0.292. The zero-order valence-electron chi connectivity index (χ0n) is 18.6. The van der Waals surface area contributed by atoms with Crippen molar-refractivity contribution in [3.8, 4) is 11.5 Å². The number of likely N-dealkylation sites (tertiary alicyclic amines) is 1. The number of amides is 2. The highest BCUT2D eigenvalue weighted by molar-refractivity contribution is 6.06. The summed E-state index contributed by atoms with van der Waals surface area (Å²) in [5, 5.41) is 0. The van der Waals surface area contributed by atoms with Gasteiger partial charge in [-0.3, -0.25) is 14.4 Å². The van der Waals surface area contributed by atoms with Crippen LogP contribution in [0.3, 0.4) is 0 Å². The molecule has 0 saturated carbocycles. The van der Waals surface area contributed by atoms with Crippen LogP contribution in [-0.4, -0.2) is 50.1 Å². The number of hydrogen-bond acceptors (Lipinski definition) is 7. The van der Waals surface area contributed by atoms with Crippen LogP contribution in [0.25, 0.3) is 0 Å². The molecule has 0 spiro atoms. The largest absolute Gasteiger partial charge is 0.497 e. The third kappa shape index (κ3) is 5.69. The highest BCUT2D eigenvalue weighted by atomic mass is 16.7. The fourth-order valence-corrected chi connectivity index (χ4v) is 3.47. The molecule has 0 radical (unpaired) electrons. The Labute approximate surface area is 191 Å². The van der Waals surface area contributed by atoms with Gasteiger partial charge >= 0.3 is 5.97 Å². The standard InChI is InChI=1S/C24H26N2O7/c1-30-18-10-9-17(20(13-18)31-2)14-26-19(11-12-21(27)32-3)22(24(26)29)23(28)25-33-15-16-7-5-4-6-8-16/h4-13,19,22H,14-15H2,1-3H3,(H,25,28)/b12-11-. The first-order valence-electron chi connectivity index (χ1n) is 10.2. The normalized spacial score (nSPS) is 17.4. The molecule has 0 bridgehead atoms. The molecule has 2 amide bonds. The van der Waals surface area contributed by atoms with E-state index in [2.05, 4.69) is 10.2 Å². The summed E-state index contributed by atoms with van der Waals surface area (Å²) in [5.74, 6) is -1.46. The smallest absolute Gasteiger partial charge is 0.330 e. The summed E-state index contributed by atoms with van der Waals surface area (Å²) < 4.78 is 15.2. The number of nitrogens with zero attached hydrogens (tertiary/aromatic N) is 1. The number of hydrogen-bond donors (Lipinski definition) is 1. The van der Waals surface area contributed by atoms with Crippen LogP contribution in [0, 0.1) is 5.92 Å². The maximum absolute atomic E-state index is 12.9. The van der Waals surface area contributed by atoms with Crippen LogP contribution in [0.2, 0.25) is 0 Å². The monoisotopic (exact) mass is 454 g/mol. The van der Waals surface area contributed by atoms with Crippen molar-refractivity contribution in [3.05, 3.63) is 71.8 Å². The Balaban J connectivity index is 1.72. The van der Waals surface area contributed by atoms with Crippen molar-refractivity contribution in [2.24, 2.45) is 5.92 Å². The van der Waals surface area contributed by atoms with Gasteiger partial charge < -0.3 is 19.1 Å². The maximum atomic E-state index is 12.9. The molecular formula is C24H26N2O7. The van der Waals surface area contributed by atoms with Gasteiger partial charge in [0.25, 0.3) is 5.91 Å². The lowest BCUT2D eigenvalue weighted by Gasteiger charge is -2.44. The number of nitrogens with one attached hydrogen (secondary N) is 1. The number of carbonyl (C=O) groups excluding carboxylic acids is 3. The minimum absolute atomic E-state index is 0.156. The van der Waals surface area contributed by atoms with Gasteiger partial charge in [0.15, 0.2) is 0 Å². The van der Waals surface area contributed by atoms with Crippen molar-refractivity contribution in [2.75, 3.05) is 21.3 Å². The van der Waals surface area contributed by atoms with E-state index in [9.17, 15) is 14.4 Å². The van der Waals surface area contributed by atoms with Gasteiger partial charge in [0.1, 0.15) is 17.4 Å². The number of esters is 1. The topological polar surface area (TPSA) is 103 Å². The van der Waals surface area contributed by atoms with Crippen LogP contribution in [0.4, 0.5) is 0 Å². The van der Waals surface area contributed by atoms with E-state index in [4.69, 9.17) is 14.3 Å². The number of ether oxygens (including phenoxy) is 3. The lowest BCUT2D eigenvalue weighted by Crippen LogP contribution is -2.64.